The fourth-order valence-corrected chi connectivity index (χ4v) is 3.18. The molecule has 0 aliphatic heterocycles. The second kappa shape index (κ2) is 7.40. The van der Waals surface area contributed by atoms with E-state index in [1.165, 1.54) is 13.3 Å². The van der Waals surface area contributed by atoms with E-state index in [-0.39, 0.29) is 6.03 Å². The van der Waals surface area contributed by atoms with Crippen molar-refractivity contribution in [3.05, 3.63) is 72.4 Å². The molecule has 1 aromatic heterocycles. The summed E-state index contributed by atoms with van der Waals surface area (Å²) in [7, 11) is 1.29. The molecule has 4 rings (SSSR count). The van der Waals surface area contributed by atoms with Gasteiger partial charge in [-0.25, -0.2) is 9.59 Å². The maximum Gasteiger partial charge on any atom is 0.434 e. The van der Waals surface area contributed by atoms with Crippen LogP contribution in [-0.4, -0.2) is 29.0 Å². The van der Waals surface area contributed by atoms with Gasteiger partial charge in [0.05, 0.1) is 24.5 Å². The predicted octanol–water partition coefficient (Wildman–Crippen LogP) is 4.13. The zero-order valence-corrected chi connectivity index (χ0v) is 15.2. The summed E-state index contributed by atoms with van der Waals surface area (Å²) in [6, 6.07) is 18.9. The maximum absolute atomic E-state index is 12.4. The highest BCUT2D eigenvalue weighted by molar-refractivity contribution is 6.02. The van der Waals surface area contributed by atoms with E-state index < -0.39 is 6.09 Å². The van der Waals surface area contributed by atoms with Crippen LogP contribution in [0.3, 0.4) is 0 Å². The van der Waals surface area contributed by atoms with Crippen molar-refractivity contribution in [3.63, 3.8) is 0 Å². The van der Waals surface area contributed by atoms with E-state index in [2.05, 4.69) is 15.7 Å². The lowest BCUT2D eigenvalue weighted by Gasteiger charge is -2.10. The quantitative estimate of drug-likeness (QED) is 0.565. The highest BCUT2D eigenvalue weighted by atomic mass is 16.5. The number of benzene rings is 3. The molecule has 0 unspecified atom stereocenters. The number of urea groups is 1. The van der Waals surface area contributed by atoms with Crippen LogP contribution in [0.25, 0.3) is 21.7 Å². The van der Waals surface area contributed by atoms with Gasteiger partial charge in [-0.15, -0.1) is 0 Å². The SMILES string of the molecule is COC(=O)n1ncc2c(NC(=O)NCc3cccc4ccccc34)cccc21. The Bertz CT molecular complexity index is 1180. The van der Waals surface area contributed by atoms with Gasteiger partial charge >= 0.3 is 12.1 Å². The molecule has 1 heterocycles. The molecule has 0 spiro atoms. The van der Waals surface area contributed by atoms with E-state index in [0.717, 1.165) is 21.0 Å². The zero-order valence-electron chi connectivity index (χ0n) is 15.2. The monoisotopic (exact) mass is 374 g/mol. The number of nitrogens with one attached hydrogen (secondary N) is 2. The van der Waals surface area contributed by atoms with Crippen molar-refractivity contribution >= 4 is 39.5 Å². The summed E-state index contributed by atoms with van der Waals surface area (Å²) in [4.78, 5) is 24.2. The molecule has 7 heteroatoms. The number of carbonyl (C=O) groups excluding carboxylic acids is 2. The summed E-state index contributed by atoms with van der Waals surface area (Å²) in [5.41, 5.74) is 2.15. The molecule has 0 saturated heterocycles. The Labute approximate surface area is 160 Å². The average molecular weight is 374 g/mol. The van der Waals surface area contributed by atoms with Crippen molar-refractivity contribution in [2.24, 2.45) is 0 Å². The summed E-state index contributed by atoms with van der Waals surface area (Å²) >= 11 is 0. The lowest BCUT2D eigenvalue weighted by atomic mass is 10.0. The number of fused-ring (bicyclic) bond motifs is 2. The molecule has 28 heavy (non-hydrogen) atoms. The molecule has 140 valence electrons. The van der Waals surface area contributed by atoms with Crippen LogP contribution in [0.2, 0.25) is 0 Å². The van der Waals surface area contributed by atoms with Crippen molar-refractivity contribution in [3.8, 4) is 0 Å². The summed E-state index contributed by atoms with van der Waals surface area (Å²) < 4.78 is 5.86. The summed E-state index contributed by atoms with van der Waals surface area (Å²) in [5.74, 6) is 0. The number of hydrogen-bond acceptors (Lipinski definition) is 4. The Hall–Kier alpha value is -3.87. The summed E-state index contributed by atoms with van der Waals surface area (Å²) in [6.07, 6.45) is 0.930. The van der Waals surface area contributed by atoms with E-state index >= 15 is 0 Å². The smallest absolute Gasteiger partial charge is 0.434 e. The minimum absolute atomic E-state index is 0.341. The molecule has 2 amide bonds. The Morgan fingerprint density at radius 3 is 2.64 bits per heavy atom. The first kappa shape index (κ1) is 17.5. The molecule has 0 atom stereocenters. The summed E-state index contributed by atoms with van der Waals surface area (Å²) in [5, 5.41) is 12.6. The average Bonchev–Trinajstić information content (AvgIpc) is 3.17. The van der Waals surface area contributed by atoms with Gasteiger partial charge in [-0.3, -0.25) is 0 Å². The first-order valence-corrected chi connectivity index (χ1v) is 8.74. The molecule has 2 N–H and O–H groups in total. The standard InChI is InChI=1S/C21H18N4O3/c1-28-21(27)25-19-11-5-10-18(17(19)13-23-25)24-20(26)22-12-15-8-4-7-14-6-2-3-9-16(14)15/h2-11,13H,12H2,1H3,(H2,22,24,26). The number of amides is 2. The van der Waals surface area contributed by atoms with Gasteiger partial charge in [0.25, 0.3) is 0 Å². The number of methoxy groups -OCH3 is 1. The van der Waals surface area contributed by atoms with Crippen molar-refractivity contribution in [2.75, 3.05) is 12.4 Å². The zero-order chi connectivity index (χ0) is 19.5. The number of rotatable bonds is 3. The van der Waals surface area contributed by atoms with E-state index in [1.807, 2.05) is 42.5 Å². The van der Waals surface area contributed by atoms with Gasteiger partial charge in [-0.1, -0.05) is 48.5 Å². The second-order valence-electron chi connectivity index (χ2n) is 6.21. The minimum Gasteiger partial charge on any atom is -0.451 e. The third kappa shape index (κ3) is 3.25. The van der Waals surface area contributed by atoms with E-state index in [9.17, 15) is 9.59 Å². The Morgan fingerprint density at radius 2 is 1.79 bits per heavy atom. The highest BCUT2D eigenvalue weighted by Crippen LogP contribution is 2.23. The van der Waals surface area contributed by atoms with Crippen LogP contribution in [0.4, 0.5) is 15.3 Å². The summed E-state index contributed by atoms with van der Waals surface area (Å²) in [6.45, 7) is 0.393. The Kier molecular flexibility index (Phi) is 4.63. The highest BCUT2D eigenvalue weighted by Gasteiger charge is 2.14. The van der Waals surface area contributed by atoms with Gasteiger partial charge in [-0.2, -0.15) is 9.78 Å². The van der Waals surface area contributed by atoms with E-state index in [0.29, 0.717) is 23.1 Å². The molecular formula is C21H18N4O3. The van der Waals surface area contributed by atoms with Crippen LogP contribution in [0.5, 0.6) is 0 Å². The second-order valence-corrected chi connectivity index (χ2v) is 6.21. The van der Waals surface area contributed by atoms with Gasteiger partial charge in [0.2, 0.25) is 0 Å². The molecule has 0 radical (unpaired) electrons. The fraction of sp³-hybridized carbons (Fsp3) is 0.0952. The maximum atomic E-state index is 12.4. The lowest BCUT2D eigenvalue weighted by Crippen LogP contribution is -2.28. The third-order valence-corrected chi connectivity index (χ3v) is 4.53. The molecule has 3 aromatic carbocycles. The van der Waals surface area contributed by atoms with Crippen molar-refractivity contribution < 1.29 is 14.3 Å². The molecular weight excluding hydrogens is 356 g/mol. The largest absolute Gasteiger partial charge is 0.451 e. The number of carbonyl (C=O) groups is 2. The topological polar surface area (TPSA) is 85.2 Å². The first-order chi connectivity index (χ1) is 13.7. The van der Waals surface area contributed by atoms with E-state index in [1.54, 1.807) is 18.2 Å². The van der Waals surface area contributed by atoms with Crippen LogP contribution in [-0.2, 0) is 11.3 Å². The van der Waals surface area contributed by atoms with Gasteiger partial charge in [0.15, 0.2) is 0 Å². The van der Waals surface area contributed by atoms with Crippen LogP contribution in [0.15, 0.2) is 66.9 Å². The van der Waals surface area contributed by atoms with Crippen LogP contribution >= 0.6 is 0 Å². The van der Waals surface area contributed by atoms with Crippen molar-refractivity contribution in [1.82, 2.24) is 15.1 Å². The molecule has 0 aliphatic carbocycles. The molecule has 0 fully saturated rings. The first-order valence-electron chi connectivity index (χ1n) is 8.74. The fourth-order valence-electron chi connectivity index (χ4n) is 3.18. The number of aromatic nitrogens is 2. The van der Waals surface area contributed by atoms with Crippen LogP contribution in [0, 0.1) is 0 Å². The van der Waals surface area contributed by atoms with Crippen LogP contribution in [0.1, 0.15) is 5.56 Å². The Balaban J connectivity index is 1.51. The molecule has 7 nitrogen and oxygen atoms in total. The predicted molar refractivity (Wildman–Crippen MR) is 107 cm³/mol. The third-order valence-electron chi connectivity index (χ3n) is 4.53. The van der Waals surface area contributed by atoms with Crippen LogP contribution < -0.4 is 10.6 Å². The molecule has 0 aliphatic rings. The van der Waals surface area contributed by atoms with Gasteiger partial charge in [0, 0.05) is 11.9 Å². The number of anilines is 1. The van der Waals surface area contributed by atoms with Crippen molar-refractivity contribution in [2.45, 2.75) is 6.54 Å². The van der Waals surface area contributed by atoms with Crippen molar-refractivity contribution in [1.29, 1.82) is 0 Å². The van der Waals surface area contributed by atoms with Gasteiger partial charge in [-0.05, 0) is 28.5 Å². The Morgan fingerprint density at radius 1 is 1.00 bits per heavy atom. The number of ether oxygens (including phenoxy) is 1. The lowest BCUT2D eigenvalue weighted by molar-refractivity contribution is 0.170. The normalized spacial score (nSPS) is 10.8. The van der Waals surface area contributed by atoms with Gasteiger partial charge in [0.1, 0.15) is 0 Å². The minimum atomic E-state index is -0.590. The number of nitrogens with zero attached hydrogens (tertiary/aromatic N) is 2. The molecule has 4 aromatic rings. The molecule has 0 saturated carbocycles. The number of hydrogen-bond donors (Lipinski definition) is 2. The van der Waals surface area contributed by atoms with E-state index in [4.69, 9.17) is 4.74 Å². The van der Waals surface area contributed by atoms with Gasteiger partial charge < -0.3 is 15.4 Å². The molecule has 0 bridgehead atoms.